The summed E-state index contributed by atoms with van der Waals surface area (Å²) in [6.45, 7) is 1.51. The molecule has 1 fully saturated rings. The number of amides is 2. The molecule has 7 heteroatoms. The first kappa shape index (κ1) is 23.3. The highest BCUT2D eigenvalue weighted by Crippen LogP contribution is 2.34. The molecule has 0 spiro atoms. The summed E-state index contributed by atoms with van der Waals surface area (Å²) in [5.74, 6) is -0.422. The summed E-state index contributed by atoms with van der Waals surface area (Å²) in [5, 5.41) is 5.68. The maximum atomic E-state index is 13.0. The number of pyridine rings is 1. The van der Waals surface area contributed by atoms with Crippen molar-refractivity contribution in [1.82, 2.24) is 9.88 Å². The Morgan fingerprint density at radius 3 is 2.46 bits per heavy atom. The Morgan fingerprint density at radius 2 is 1.66 bits per heavy atom. The maximum absolute atomic E-state index is 13.0. The number of aromatic nitrogens is 1. The standard InChI is InChI=1S/C28H23Cl2N3O2/c29-24-11-9-20(17-23(24)26-21-7-3-2-6-18(21)12-13-31-26)32-27(34)22-10-8-19(16-25(22)30)28(35)33-14-4-1-5-15-33/h2-3,6-13,16-17H,1,4-5,14-15H2,(H,32,34). The van der Waals surface area contributed by atoms with Gasteiger partial charge < -0.3 is 10.2 Å². The van der Waals surface area contributed by atoms with Gasteiger partial charge in [0.15, 0.2) is 0 Å². The predicted octanol–water partition coefficient (Wildman–Crippen LogP) is 7.09. The Labute approximate surface area is 213 Å². The van der Waals surface area contributed by atoms with Gasteiger partial charge in [-0.3, -0.25) is 14.6 Å². The molecule has 0 bridgehead atoms. The van der Waals surface area contributed by atoms with Gasteiger partial charge in [0.05, 0.1) is 21.3 Å². The fourth-order valence-corrected chi connectivity index (χ4v) is 4.90. The van der Waals surface area contributed by atoms with Crippen LogP contribution < -0.4 is 5.32 Å². The molecule has 1 N–H and O–H groups in total. The van der Waals surface area contributed by atoms with E-state index >= 15 is 0 Å². The second kappa shape index (κ2) is 10.1. The van der Waals surface area contributed by atoms with Crippen LogP contribution in [0.5, 0.6) is 0 Å². The van der Waals surface area contributed by atoms with Gasteiger partial charge in [-0.2, -0.15) is 0 Å². The van der Waals surface area contributed by atoms with Gasteiger partial charge in [-0.1, -0.05) is 47.5 Å². The molecule has 0 aliphatic carbocycles. The molecule has 35 heavy (non-hydrogen) atoms. The van der Waals surface area contributed by atoms with Crippen molar-refractivity contribution in [2.45, 2.75) is 19.3 Å². The molecule has 176 valence electrons. The zero-order valence-corrected chi connectivity index (χ0v) is 20.4. The van der Waals surface area contributed by atoms with Crippen molar-refractivity contribution in [1.29, 1.82) is 0 Å². The number of anilines is 1. The lowest BCUT2D eigenvalue weighted by atomic mass is 10.0. The molecule has 1 aliphatic heterocycles. The van der Waals surface area contributed by atoms with Gasteiger partial charge in [0.2, 0.25) is 0 Å². The quantitative estimate of drug-likeness (QED) is 0.323. The van der Waals surface area contributed by atoms with Gasteiger partial charge in [-0.25, -0.2) is 0 Å². The van der Waals surface area contributed by atoms with E-state index in [2.05, 4.69) is 10.3 Å². The van der Waals surface area contributed by atoms with Crippen LogP contribution in [-0.2, 0) is 0 Å². The van der Waals surface area contributed by atoms with E-state index in [1.54, 1.807) is 42.6 Å². The maximum Gasteiger partial charge on any atom is 0.257 e. The molecule has 1 aliphatic rings. The van der Waals surface area contributed by atoms with Crippen LogP contribution >= 0.6 is 23.2 Å². The first-order valence-corrected chi connectivity index (χ1v) is 12.3. The number of nitrogens with one attached hydrogen (secondary N) is 1. The van der Waals surface area contributed by atoms with Crippen LogP contribution in [0.1, 0.15) is 40.0 Å². The van der Waals surface area contributed by atoms with Crippen molar-refractivity contribution in [2.24, 2.45) is 0 Å². The molecule has 2 amide bonds. The summed E-state index contributed by atoms with van der Waals surface area (Å²) >= 11 is 12.9. The molecule has 3 aromatic carbocycles. The summed E-state index contributed by atoms with van der Waals surface area (Å²) in [7, 11) is 0. The summed E-state index contributed by atoms with van der Waals surface area (Å²) in [4.78, 5) is 32.2. The SMILES string of the molecule is O=C(Nc1ccc(Cl)c(-c2nccc3ccccc23)c1)c1ccc(C(=O)N2CCCCC2)cc1Cl. The second-order valence-electron chi connectivity index (χ2n) is 8.58. The number of piperidine rings is 1. The average Bonchev–Trinajstić information content (AvgIpc) is 2.89. The minimum Gasteiger partial charge on any atom is -0.339 e. The molecular weight excluding hydrogens is 481 g/mol. The number of carbonyl (C=O) groups excluding carboxylic acids is 2. The zero-order valence-electron chi connectivity index (χ0n) is 18.9. The second-order valence-corrected chi connectivity index (χ2v) is 9.39. The largest absolute Gasteiger partial charge is 0.339 e. The molecule has 0 unspecified atom stereocenters. The number of hydrogen-bond donors (Lipinski definition) is 1. The summed E-state index contributed by atoms with van der Waals surface area (Å²) in [5.41, 5.74) is 2.80. The van der Waals surface area contributed by atoms with E-state index in [0.29, 0.717) is 21.8 Å². The molecule has 5 rings (SSSR count). The summed E-state index contributed by atoms with van der Waals surface area (Å²) in [6.07, 6.45) is 4.91. The van der Waals surface area contributed by atoms with E-state index in [-0.39, 0.29) is 16.8 Å². The minimum absolute atomic E-state index is 0.0523. The van der Waals surface area contributed by atoms with E-state index < -0.39 is 0 Å². The van der Waals surface area contributed by atoms with Gasteiger partial charge in [-0.15, -0.1) is 0 Å². The Balaban J connectivity index is 1.39. The van der Waals surface area contributed by atoms with Crippen LogP contribution in [-0.4, -0.2) is 34.8 Å². The Hall–Kier alpha value is -3.41. The Bertz CT molecular complexity index is 1430. The van der Waals surface area contributed by atoms with E-state index in [1.807, 2.05) is 35.2 Å². The van der Waals surface area contributed by atoms with Crippen molar-refractivity contribution in [3.8, 4) is 11.3 Å². The number of benzene rings is 3. The summed E-state index contributed by atoms with van der Waals surface area (Å²) in [6, 6.07) is 20.0. The minimum atomic E-state index is -0.369. The van der Waals surface area contributed by atoms with Gasteiger partial charge in [0, 0.05) is 41.5 Å². The highest BCUT2D eigenvalue weighted by atomic mass is 35.5. The summed E-state index contributed by atoms with van der Waals surface area (Å²) < 4.78 is 0. The average molecular weight is 504 g/mol. The van der Waals surface area contributed by atoms with Crippen LogP contribution in [0.2, 0.25) is 10.0 Å². The van der Waals surface area contributed by atoms with Gasteiger partial charge in [0.25, 0.3) is 11.8 Å². The van der Waals surface area contributed by atoms with E-state index in [1.165, 1.54) is 0 Å². The molecule has 5 nitrogen and oxygen atoms in total. The van der Waals surface area contributed by atoms with Crippen molar-refractivity contribution in [3.63, 3.8) is 0 Å². The number of rotatable bonds is 4. The van der Waals surface area contributed by atoms with Crippen molar-refractivity contribution < 1.29 is 9.59 Å². The third kappa shape index (κ3) is 4.88. The van der Waals surface area contributed by atoms with Gasteiger partial charge in [0.1, 0.15) is 0 Å². The molecule has 1 aromatic heterocycles. The number of halogens is 2. The van der Waals surface area contributed by atoms with Crippen LogP contribution in [0.25, 0.3) is 22.0 Å². The Kier molecular flexibility index (Phi) is 6.71. The number of nitrogens with zero attached hydrogens (tertiary/aromatic N) is 2. The monoisotopic (exact) mass is 503 g/mol. The van der Waals surface area contributed by atoms with Crippen LogP contribution in [0, 0.1) is 0 Å². The topological polar surface area (TPSA) is 62.3 Å². The van der Waals surface area contributed by atoms with Crippen molar-refractivity contribution >= 4 is 51.5 Å². The lowest BCUT2D eigenvalue weighted by Crippen LogP contribution is -2.35. The highest BCUT2D eigenvalue weighted by Gasteiger charge is 2.20. The molecule has 2 heterocycles. The number of likely N-dealkylation sites (tertiary alicyclic amines) is 1. The Morgan fingerprint density at radius 1 is 0.857 bits per heavy atom. The normalized spacial score (nSPS) is 13.6. The molecule has 0 saturated carbocycles. The highest BCUT2D eigenvalue weighted by molar-refractivity contribution is 6.35. The first-order valence-electron chi connectivity index (χ1n) is 11.5. The predicted molar refractivity (Wildman–Crippen MR) is 141 cm³/mol. The van der Waals surface area contributed by atoms with E-state index in [9.17, 15) is 9.59 Å². The number of carbonyl (C=O) groups is 2. The molecular formula is C28H23Cl2N3O2. The molecule has 0 radical (unpaired) electrons. The van der Waals surface area contributed by atoms with E-state index in [0.717, 1.165) is 54.4 Å². The zero-order chi connectivity index (χ0) is 24.4. The first-order chi connectivity index (χ1) is 17.0. The van der Waals surface area contributed by atoms with Crippen LogP contribution in [0.15, 0.2) is 72.9 Å². The molecule has 1 saturated heterocycles. The van der Waals surface area contributed by atoms with Gasteiger partial charge in [-0.05, 0) is 67.1 Å². The number of hydrogen-bond acceptors (Lipinski definition) is 3. The van der Waals surface area contributed by atoms with Crippen LogP contribution in [0.4, 0.5) is 5.69 Å². The van der Waals surface area contributed by atoms with Crippen LogP contribution in [0.3, 0.4) is 0 Å². The fourth-order valence-electron chi connectivity index (χ4n) is 4.43. The van der Waals surface area contributed by atoms with Gasteiger partial charge >= 0.3 is 0 Å². The van der Waals surface area contributed by atoms with Crippen molar-refractivity contribution in [2.75, 3.05) is 18.4 Å². The van der Waals surface area contributed by atoms with E-state index in [4.69, 9.17) is 23.2 Å². The fraction of sp³-hybridized carbons (Fsp3) is 0.179. The lowest BCUT2D eigenvalue weighted by Gasteiger charge is -2.26. The third-order valence-electron chi connectivity index (χ3n) is 6.26. The molecule has 0 atom stereocenters. The smallest absolute Gasteiger partial charge is 0.257 e. The number of fused-ring (bicyclic) bond motifs is 1. The third-order valence-corrected chi connectivity index (χ3v) is 6.90. The lowest BCUT2D eigenvalue weighted by molar-refractivity contribution is 0.0724. The van der Waals surface area contributed by atoms with Crippen molar-refractivity contribution in [3.05, 3.63) is 94.1 Å². The molecule has 4 aromatic rings.